The van der Waals surface area contributed by atoms with Crippen molar-refractivity contribution in [3.63, 3.8) is 0 Å². The van der Waals surface area contributed by atoms with Gasteiger partial charge in [0.1, 0.15) is 0 Å². The average Bonchev–Trinajstić information content (AvgIpc) is 2.79. The molecule has 1 unspecified atom stereocenters. The first kappa shape index (κ1) is 27.9. The molecule has 0 aromatic heterocycles. The number of aliphatic imine (C=N–C) groups is 1. The molecule has 0 fully saturated rings. The molecule has 2 aromatic rings. The number of hydrogen-bond donors (Lipinski definition) is 3. The lowest BCUT2D eigenvalue weighted by molar-refractivity contribution is 0.0963. The zero-order valence-corrected chi connectivity index (χ0v) is 22.1. The summed E-state index contributed by atoms with van der Waals surface area (Å²) in [4.78, 5) is 18.9. The molecule has 6 nitrogen and oxygen atoms in total. The normalized spacial score (nSPS) is 12.1. The van der Waals surface area contributed by atoms with Gasteiger partial charge in [-0.25, -0.2) is 0 Å². The molecule has 1 atom stereocenters. The van der Waals surface area contributed by atoms with Crippen molar-refractivity contribution in [1.82, 2.24) is 20.9 Å². The van der Waals surface area contributed by atoms with Crippen LogP contribution < -0.4 is 16.0 Å². The predicted molar refractivity (Wildman–Crippen MR) is 145 cm³/mol. The van der Waals surface area contributed by atoms with Crippen LogP contribution in [0.15, 0.2) is 59.6 Å². The van der Waals surface area contributed by atoms with E-state index in [2.05, 4.69) is 72.1 Å². The summed E-state index contributed by atoms with van der Waals surface area (Å²) in [6.07, 6.45) is 1.82. The van der Waals surface area contributed by atoms with Crippen LogP contribution in [0.1, 0.15) is 41.8 Å². The number of hydrogen-bond acceptors (Lipinski definition) is 3. The molecule has 0 aliphatic heterocycles. The van der Waals surface area contributed by atoms with Crippen molar-refractivity contribution in [1.29, 1.82) is 0 Å². The first-order valence-electron chi connectivity index (χ1n) is 11.1. The minimum absolute atomic E-state index is 0. The number of benzene rings is 2. The molecule has 2 aromatic carbocycles. The highest BCUT2D eigenvalue weighted by Gasteiger charge is 2.09. The number of amides is 1. The van der Waals surface area contributed by atoms with Gasteiger partial charge in [0.05, 0.1) is 0 Å². The zero-order valence-electron chi connectivity index (χ0n) is 19.7. The van der Waals surface area contributed by atoms with Gasteiger partial charge in [-0.05, 0) is 57.0 Å². The van der Waals surface area contributed by atoms with Crippen molar-refractivity contribution in [2.75, 3.05) is 33.7 Å². The minimum atomic E-state index is -0.0592. The summed E-state index contributed by atoms with van der Waals surface area (Å²) in [5, 5.41) is 9.38. The summed E-state index contributed by atoms with van der Waals surface area (Å²) < 4.78 is 0. The van der Waals surface area contributed by atoms with Gasteiger partial charge in [-0.2, -0.15) is 0 Å². The molecule has 0 aliphatic rings. The summed E-state index contributed by atoms with van der Waals surface area (Å²) in [5.41, 5.74) is 3.14. The van der Waals surface area contributed by atoms with E-state index in [0.29, 0.717) is 11.6 Å². The van der Waals surface area contributed by atoms with Gasteiger partial charge < -0.3 is 16.0 Å². The number of carbonyl (C=O) groups excluding carboxylic acids is 1. The van der Waals surface area contributed by atoms with E-state index in [1.165, 1.54) is 5.56 Å². The molecule has 0 bridgehead atoms. The first-order valence-corrected chi connectivity index (χ1v) is 11.1. The zero-order chi connectivity index (χ0) is 22.5. The highest BCUT2D eigenvalue weighted by Crippen LogP contribution is 2.08. The lowest BCUT2D eigenvalue weighted by Gasteiger charge is -2.24. The topological polar surface area (TPSA) is 68.8 Å². The largest absolute Gasteiger partial charge is 0.357 e. The molecule has 0 spiro atoms. The van der Waals surface area contributed by atoms with E-state index in [0.717, 1.165) is 50.5 Å². The summed E-state index contributed by atoms with van der Waals surface area (Å²) in [6.45, 7) is 7.60. The van der Waals surface area contributed by atoms with Gasteiger partial charge >= 0.3 is 0 Å². The van der Waals surface area contributed by atoms with E-state index in [9.17, 15) is 4.79 Å². The smallest absolute Gasteiger partial charge is 0.251 e. The summed E-state index contributed by atoms with van der Waals surface area (Å²) in [5.74, 6) is 0.777. The number of carbonyl (C=O) groups is 1. The molecule has 1 amide bonds. The van der Waals surface area contributed by atoms with Gasteiger partial charge in [-0.1, -0.05) is 42.5 Å². The highest BCUT2D eigenvalue weighted by atomic mass is 127. The molecule has 0 saturated heterocycles. The highest BCUT2D eigenvalue weighted by molar-refractivity contribution is 14.0. The Balaban J connectivity index is 0.00000512. The van der Waals surface area contributed by atoms with Crippen LogP contribution in [0, 0.1) is 0 Å². The third-order valence-electron chi connectivity index (χ3n) is 5.31. The van der Waals surface area contributed by atoms with E-state index in [1.807, 2.05) is 24.3 Å². The lowest BCUT2D eigenvalue weighted by Crippen LogP contribution is -2.38. The molecule has 0 saturated carbocycles. The Labute approximate surface area is 210 Å². The molecule has 0 aliphatic carbocycles. The van der Waals surface area contributed by atoms with Crippen LogP contribution in [0.3, 0.4) is 0 Å². The van der Waals surface area contributed by atoms with Crippen molar-refractivity contribution in [3.05, 3.63) is 71.3 Å². The number of rotatable bonds is 11. The maximum absolute atomic E-state index is 11.8. The van der Waals surface area contributed by atoms with E-state index >= 15 is 0 Å². The van der Waals surface area contributed by atoms with Crippen LogP contribution in [-0.2, 0) is 13.0 Å². The number of halogens is 1. The minimum Gasteiger partial charge on any atom is -0.357 e. The Hall–Kier alpha value is -2.13. The second-order valence-electron chi connectivity index (χ2n) is 7.76. The monoisotopic (exact) mass is 551 g/mol. The van der Waals surface area contributed by atoms with Gasteiger partial charge in [0.2, 0.25) is 0 Å². The van der Waals surface area contributed by atoms with Gasteiger partial charge in [0.15, 0.2) is 5.96 Å². The Morgan fingerprint density at radius 3 is 2.47 bits per heavy atom. The van der Waals surface area contributed by atoms with E-state index in [1.54, 1.807) is 7.05 Å². The lowest BCUT2D eigenvalue weighted by atomic mass is 10.1. The van der Waals surface area contributed by atoms with Crippen LogP contribution in [0.5, 0.6) is 0 Å². The van der Waals surface area contributed by atoms with E-state index in [-0.39, 0.29) is 29.9 Å². The predicted octanol–water partition coefficient (Wildman–Crippen LogP) is 3.67. The van der Waals surface area contributed by atoms with E-state index in [4.69, 9.17) is 4.99 Å². The molecule has 32 heavy (non-hydrogen) atoms. The molecular formula is C25H38IN5O. The van der Waals surface area contributed by atoms with Gasteiger partial charge in [0.25, 0.3) is 5.91 Å². The molecule has 0 heterocycles. The number of nitrogens with one attached hydrogen (secondary N) is 3. The quantitative estimate of drug-likeness (QED) is 0.227. The van der Waals surface area contributed by atoms with Gasteiger partial charge in [-0.15, -0.1) is 24.0 Å². The SMILES string of the molecule is CCNC(=NCCC(C)N(C)Cc1ccccc1)NCCc1cccc(C(=O)NC)c1.I. The van der Waals surface area contributed by atoms with Crippen LogP contribution in [-0.4, -0.2) is 56.5 Å². The Morgan fingerprint density at radius 2 is 1.78 bits per heavy atom. The Bertz CT molecular complexity index is 828. The maximum Gasteiger partial charge on any atom is 0.251 e. The Morgan fingerprint density at radius 1 is 1.06 bits per heavy atom. The summed E-state index contributed by atoms with van der Waals surface area (Å²) >= 11 is 0. The van der Waals surface area contributed by atoms with Gasteiger partial charge in [0, 0.05) is 44.8 Å². The summed E-state index contributed by atoms with van der Waals surface area (Å²) in [7, 11) is 3.81. The fourth-order valence-corrected chi connectivity index (χ4v) is 3.29. The number of nitrogens with zero attached hydrogens (tertiary/aromatic N) is 2. The second kappa shape index (κ2) is 15.6. The Kier molecular flexibility index (Phi) is 13.6. The first-order chi connectivity index (χ1) is 15.0. The van der Waals surface area contributed by atoms with Crippen LogP contribution in [0.2, 0.25) is 0 Å². The van der Waals surface area contributed by atoms with Gasteiger partial charge in [-0.3, -0.25) is 14.7 Å². The van der Waals surface area contributed by atoms with Crippen molar-refractivity contribution in [2.45, 2.75) is 39.3 Å². The van der Waals surface area contributed by atoms with Crippen molar-refractivity contribution < 1.29 is 4.79 Å². The fourth-order valence-electron chi connectivity index (χ4n) is 3.29. The third-order valence-corrected chi connectivity index (χ3v) is 5.31. The van der Waals surface area contributed by atoms with Crippen molar-refractivity contribution in [3.8, 4) is 0 Å². The van der Waals surface area contributed by atoms with Crippen LogP contribution >= 0.6 is 24.0 Å². The van der Waals surface area contributed by atoms with E-state index < -0.39 is 0 Å². The standard InChI is InChI=1S/C25H37N5O.HI/c1-5-27-25(29-17-15-21-12-9-13-23(18-21)24(31)26-3)28-16-14-20(2)30(4)19-22-10-7-6-8-11-22;/h6-13,18,20H,5,14-17,19H2,1-4H3,(H,26,31)(H2,27,28,29);1H. The number of guanidine groups is 1. The molecule has 176 valence electrons. The van der Waals surface area contributed by atoms with Crippen molar-refractivity contribution >= 4 is 35.8 Å². The average molecular weight is 552 g/mol. The molecule has 0 radical (unpaired) electrons. The third kappa shape index (κ3) is 9.99. The molecule has 2 rings (SSSR count). The van der Waals surface area contributed by atoms with Crippen molar-refractivity contribution in [2.24, 2.45) is 4.99 Å². The second-order valence-corrected chi connectivity index (χ2v) is 7.76. The molecule has 7 heteroatoms. The summed E-state index contributed by atoms with van der Waals surface area (Å²) in [6, 6.07) is 18.7. The molecule has 3 N–H and O–H groups in total. The molecular weight excluding hydrogens is 513 g/mol. The fraction of sp³-hybridized carbons (Fsp3) is 0.440. The van der Waals surface area contributed by atoms with Crippen LogP contribution in [0.4, 0.5) is 0 Å². The van der Waals surface area contributed by atoms with Crippen LogP contribution in [0.25, 0.3) is 0 Å². The maximum atomic E-state index is 11.8.